The van der Waals surface area contributed by atoms with Crippen molar-refractivity contribution in [2.24, 2.45) is 0 Å². The highest BCUT2D eigenvalue weighted by atomic mass is 35.5. The Hall–Kier alpha value is -0.570. The number of benzene rings is 1. The summed E-state index contributed by atoms with van der Waals surface area (Å²) in [4.78, 5) is 5.35. The molecule has 1 heterocycles. The Morgan fingerprint density at radius 3 is 1.96 bits per heavy atom. The molecule has 1 aromatic rings. The van der Waals surface area contributed by atoms with E-state index in [1.54, 1.807) is 0 Å². The standard InChI is InChI=1S/C24H42N2.ClH/c1-4-5-6-7-8-9-10-11-12-16-19-26-22(2)20-25(23(26)3)21-24-17-14-13-15-18-24;/h13-15,17-18,22-23H,4-12,16,19-21H2,1-3H3;1H. The molecule has 2 atom stereocenters. The lowest BCUT2D eigenvalue weighted by atomic mass is 10.1. The molecule has 0 spiro atoms. The van der Waals surface area contributed by atoms with Crippen molar-refractivity contribution >= 4 is 12.4 Å². The van der Waals surface area contributed by atoms with E-state index in [0.717, 1.165) is 6.54 Å². The van der Waals surface area contributed by atoms with Crippen LogP contribution in [-0.2, 0) is 6.54 Å². The first-order valence-electron chi connectivity index (χ1n) is 11.3. The van der Waals surface area contributed by atoms with E-state index >= 15 is 0 Å². The van der Waals surface area contributed by atoms with E-state index in [9.17, 15) is 0 Å². The summed E-state index contributed by atoms with van der Waals surface area (Å²) in [7, 11) is 0. The minimum Gasteiger partial charge on any atom is -0.284 e. The predicted octanol–water partition coefficient (Wildman–Crippen LogP) is 6.88. The van der Waals surface area contributed by atoms with Crippen molar-refractivity contribution in [3.8, 4) is 0 Å². The van der Waals surface area contributed by atoms with Gasteiger partial charge in [0.25, 0.3) is 0 Å². The molecular formula is C24H43ClN2. The van der Waals surface area contributed by atoms with Gasteiger partial charge >= 0.3 is 0 Å². The monoisotopic (exact) mass is 394 g/mol. The molecule has 0 N–H and O–H groups in total. The van der Waals surface area contributed by atoms with Crippen LogP contribution in [0.2, 0.25) is 0 Å². The summed E-state index contributed by atoms with van der Waals surface area (Å²) in [6, 6.07) is 11.6. The minimum atomic E-state index is 0. The Kier molecular flexibility index (Phi) is 13.1. The molecule has 3 heteroatoms. The zero-order chi connectivity index (χ0) is 18.6. The second-order valence-electron chi connectivity index (χ2n) is 8.32. The molecule has 0 aliphatic carbocycles. The summed E-state index contributed by atoms with van der Waals surface area (Å²) >= 11 is 0. The van der Waals surface area contributed by atoms with Crippen molar-refractivity contribution in [3.63, 3.8) is 0 Å². The number of hydrogen-bond acceptors (Lipinski definition) is 2. The van der Waals surface area contributed by atoms with E-state index in [0.29, 0.717) is 12.2 Å². The van der Waals surface area contributed by atoms with Crippen LogP contribution in [-0.4, -0.2) is 35.1 Å². The lowest BCUT2D eigenvalue weighted by Crippen LogP contribution is -2.38. The number of halogens is 1. The molecule has 1 saturated heterocycles. The Bertz CT molecular complexity index is 465. The first-order valence-corrected chi connectivity index (χ1v) is 11.3. The van der Waals surface area contributed by atoms with Gasteiger partial charge in [0.15, 0.2) is 0 Å². The third-order valence-corrected chi connectivity index (χ3v) is 6.07. The molecule has 2 unspecified atom stereocenters. The number of nitrogens with zero attached hydrogens (tertiary/aromatic N) is 2. The fourth-order valence-electron chi connectivity index (χ4n) is 4.38. The van der Waals surface area contributed by atoms with Crippen molar-refractivity contribution in [3.05, 3.63) is 35.9 Å². The maximum atomic E-state index is 2.72. The third-order valence-electron chi connectivity index (χ3n) is 6.07. The molecule has 0 radical (unpaired) electrons. The van der Waals surface area contributed by atoms with Crippen LogP contribution in [0.5, 0.6) is 0 Å². The van der Waals surface area contributed by atoms with Crippen LogP contribution >= 0.6 is 12.4 Å². The third kappa shape index (κ3) is 8.98. The zero-order valence-corrected chi connectivity index (χ0v) is 18.9. The van der Waals surface area contributed by atoms with E-state index in [-0.39, 0.29) is 12.4 Å². The van der Waals surface area contributed by atoms with Crippen LogP contribution < -0.4 is 0 Å². The number of hydrogen-bond donors (Lipinski definition) is 0. The molecule has 0 aromatic heterocycles. The van der Waals surface area contributed by atoms with Gasteiger partial charge in [0.1, 0.15) is 0 Å². The summed E-state index contributed by atoms with van der Waals surface area (Å²) in [5.41, 5.74) is 1.44. The summed E-state index contributed by atoms with van der Waals surface area (Å²) in [5, 5.41) is 0. The molecule has 1 aliphatic rings. The first kappa shape index (κ1) is 24.5. The van der Waals surface area contributed by atoms with Gasteiger partial charge < -0.3 is 0 Å². The van der Waals surface area contributed by atoms with Crippen molar-refractivity contribution in [2.45, 2.75) is 104 Å². The average molecular weight is 395 g/mol. The van der Waals surface area contributed by atoms with Crippen molar-refractivity contribution < 1.29 is 0 Å². The topological polar surface area (TPSA) is 6.48 Å². The van der Waals surface area contributed by atoms with Gasteiger partial charge in [-0.2, -0.15) is 0 Å². The van der Waals surface area contributed by atoms with Crippen LogP contribution in [0, 0.1) is 0 Å². The summed E-state index contributed by atoms with van der Waals surface area (Å²) < 4.78 is 0. The highest BCUT2D eigenvalue weighted by Gasteiger charge is 2.33. The molecule has 1 aromatic carbocycles. The normalized spacial score (nSPS) is 20.7. The van der Waals surface area contributed by atoms with Crippen LogP contribution in [0.3, 0.4) is 0 Å². The molecule has 1 aliphatic heterocycles. The number of rotatable bonds is 13. The molecule has 2 rings (SSSR count). The second kappa shape index (κ2) is 14.4. The average Bonchev–Trinajstić information content (AvgIpc) is 2.91. The van der Waals surface area contributed by atoms with Crippen LogP contribution in [0.25, 0.3) is 0 Å². The highest BCUT2D eigenvalue weighted by Crippen LogP contribution is 2.23. The molecule has 0 bridgehead atoms. The van der Waals surface area contributed by atoms with Crippen molar-refractivity contribution in [1.82, 2.24) is 9.80 Å². The molecule has 1 fully saturated rings. The fraction of sp³-hybridized carbons (Fsp3) is 0.750. The maximum absolute atomic E-state index is 2.72. The summed E-state index contributed by atoms with van der Waals surface area (Å²) in [6.45, 7) is 10.6. The first-order chi connectivity index (χ1) is 12.7. The van der Waals surface area contributed by atoms with Gasteiger partial charge in [0, 0.05) is 19.1 Å². The molecular weight excluding hydrogens is 352 g/mol. The second-order valence-corrected chi connectivity index (χ2v) is 8.32. The Morgan fingerprint density at radius 1 is 0.815 bits per heavy atom. The maximum Gasteiger partial charge on any atom is 0.0599 e. The van der Waals surface area contributed by atoms with Crippen molar-refractivity contribution in [2.75, 3.05) is 13.1 Å². The summed E-state index contributed by atoms with van der Waals surface area (Å²) in [5.74, 6) is 0. The zero-order valence-electron chi connectivity index (χ0n) is 18.0. The number of unbranched alkanes of at least 4 members (excludes halogenated alkanes) is 9. The van der Waals surface area contributed by atoms with Crippen LogP contribution in [0.15, 0.2) is 30.3 Å². The van der Waals surface area contributed by atoms with Gasteiger partial charge in [-0.3, -0.25) is 9.80 Å². The molecule has 0 amide bonds. The molecule has 2 nitrogen and oxygen atoms in total. The predicted molar refractivity (Wildman–Crippen MR) is 122 cm³/mol. The SMILES string of the molecule is CCCCCCCCCCCCN1C(C)CN(Cc2ccccc2)C1C.Cl. The van der Waals surface area contributed by atoms with Gasteiger partial charge in [-0.1, -0.05) is 95.0 Å². The minimum absolute atomic E-state index is 0. The smallest absolute Gasteiger partial charge is 0.0599 e. The van der Waals surface area contributed by atoms with E-state index < -0.39 is 0 Å². The van der Waals surface area contributed by atoms with E-state index in [2.05, 4.69) is 60.9 Å². The quantitative estimate of drug-likeness (QED) is 0.336. The van der Waals surface area contributed by atoms with Gasteiger partial charge in [-0.05, 0) is 32.4 Å². The Morgan fingerprint density at radius 2 is 1.37 bits per heavy atom. The highest BCUT2D eigenvalue weighted by molar-refractivity contribution is 5.85. The lowest BCUT2D eigenvalue weighted by Gasteiger charge is -2.28. The largest absolute Gasteiger partial charge is 0.284 e. The van der Waals surface area contributed by atoms with E-state index in [4.69, 9.17) is 0 Å². The molecule has 0 saturated carbocycles. The van der Waals surface area contributed by atoms with Crippen LogP contribution in [0.4, 0.5) is 0 Å². The lowest BCUT2D eigenvalue weighted by molar-refractivity contribution is 0.132. The Labute approximate surface area is 175 Å². The fourth-order valence-corrected chi connectivity index (χ4v) is 4.38. The summed E-state index contributed by atoms with van der Waals surface area (Å²) in [6.07, 6.45) is 14.8. The molecule has 27 heavy (non-hydrogen) atoms. The van der Waals surface area contributed by atoms with Gasteiger partial charge in [-0.25, -0.2) is 0 Å². The van der Waals surface area contributed by atoms with Crippen LogP contribution in [0.1, 0.15) is 90.5 Å². The van der Waals surface area contributed by atoms with Gasteiger partial charge in [-0.15, -0.1) is 12.4 Å². The van der Waals surface area contributed by atoms with E-state index in [1.807, 2.05) is 0 Å². The van der Waals surface area contributed by atoms with E-state index in [1.165, 1.54) is 82.9 Å². The Balaban J connectivity index is 0.00000364. The molecule has 156 valence electrons. The van der Waals surface area contributed by atoms with Gasteiger partial charge in [0.05, 0.1) is 6.17 Å². The van der Waals surface area contributed by atoms with Gasteiger partial charge in [0.2, 0.25) is 0 Å². The van der Waals surface area contributed by atoms with Crippen molar-refractivity contribution in [1.29, 1.82) is 0 Å².